The third-order valence-electron chi connectivity index (χ3n) is 3.49. The van der Waals surface area contributed by atoms with Crippen LogP contribution in [0.15, 0.2) is 60.7 Å². The number of carbonyl (C=O) groups is 1. The Bertz CT molecular complexity index is 943. The molecule has 0 saturated carbocycles. The van der Waals surface area contributed by atoms with E-state index in [1.807, 2.05) is 36.4 Å². The van der Waals surface area contributed by atoms with Crippen molar-refractivity contribution in [1.29, 1.82) is 0 Å². The fraction of sp³-hybridized carbons (Fsp3) is 0. The number of amides is 1. The second-order valence-corrected chi connectivity index (χ2v) is 6.64. The summed E-state index contributed by atoms with van der Waals surface area (Å²) < 4.78 is 0.852. The lowest BCUT2D eigenvalue weighted by atomic mass is 10.1. The van der Waals surface area contributed by atoms with Crippen molar-refractivity contribution in [2.75, 3.05) is 5.32 Å². The second kappa shape index (κ2) is 7.14. The van der Waals surface area contributed by atoms with Crippen LogP contribution in [0.1, 0.15) is 10.4 Å². The molecule has 0 aliphatic heterocycles. The molecule has 0 radical (unpaired) electrons. The van der Waals surface area contributed by atoms with Gasteiger partial charge >= 0.3 is 0 Å². The molecule has 3 aromatic rings. The normalized spacial score (nSPS) is 10.4. The van der Waals surface area contributed by atoms with E-state index in [1.165, 1.54) is 0 Å². The molecular weight excluding hydrogens is 435 g/mol. The van der Waals surface area contributed by atoms with Gasteiger partial charge in [0, 0.05) is 20.0 Å². The zero-order valence-electron chi connectivity index (χ0n) is 12.4. The molecule has 120 valence electrons. The van der Waals surface area contributed by atoms with E-state index >= 15 is 0 Å². The van der Waals surface area contributed by atoms with Crippen molar-refractivity contribution < 1.29 is 9.90 Å². The van der Waals surface area contributed by atoms with Crippen molar-refractivity contribution >= 4 is 62.3 Å². The molecule has 3 aromatic carbocycles. The van der Waals surface area contributed by atoms with Crippen LogP contribution in [-0.4, -0.2) is 16.1 Å². The fourth-order valence-corrected chi connectivity index (χ4v) is 3.21. The number of halogens is 1. The lowest BCUT2D eigenvalue weighted by molar-refractivity contribution is 0.0977. The molecule has 0 bridgehead atoms. The minimum atomic E-state index is -0.263. The van der Waals surface area contributed by atoms with E-state index in [4.69, 9.17) is 12.2 Å². The van der Waals surface area contributed by atoms with Crippen LogP contribution in [0.3, 0.4) is 0 Å². The zero-order chi connectivity index (χ0) is 17.1. The Hall–Kier alpha value is -2.19. The summed E-state index contributed by atoms with van der Waals surface area (Å²) >= 11 is 7.35. The molecule has 24 heavy (non-hydrogen) atoms. The Kier molecular flexibility index (Phi) is 4.96. The largest absolute Gasteiger partial charge is 0.507 e. The third-order valence-corrected chi connectivity index (χ3v) is 4.64. The van der Waals surface area contributed by atoms with Gasteiger partial charge in [0.05, 0.1) is 5.56 Å². The van der Waals surface area contributed by atoms with Gasteiger partial charge in [0.1, 0.15) is 5.75 Å². The summed E-state index contributed by atoms with van der Waals surface area (Å²) in [6.45, 7) is 0. The molecule has 3 N–H and O–H groups in total. The summed E-state index contributed by atoms with van der Waals surface area (Å²) in [4.78, 5) is 12.3. The average Bonchev–Trinajstić information content (AvgIpc) is 2.56. The molecule has 0 aliphatic rings. The highest BCUT2D eigenvalue weighted by molar-refractivity contribution is 14.1. The smallest absolute Gasteiger partial charge is 0.258 e. The number of nitrogens with one attached hydrogen (secondary N) is 2. The number of thiocarbonyl (C=S) groups is 1. The molecule has 3 rings (SSSR count). The Balaban J connectivity index is 1.80. The molecule has 1 amide bonds. The molecule has 0 spiro atoms. The van der Waals surface area contributed by atoms with Gasteiger partial charge in [0.2, 0.25) is 0 Å². The molecule has 4 nitrogen and oxygen atoms in total. The molecule has 0 aliphatic carbocycles. The molecule has 0 aromatic heterocycles. The Morgan fingerprint density at radius 3 is 2.46 bits per heavy atom. The van der Waals surface area contributed by atoms with Gasteiger partial charge in [-0.05, 0) is 59.1 Å². The molecule has 0 saturated heterocycles. The van der Waals surface area contributed by atoms with Crippen LogP contribution in [0.4, 0.5) is 5.69 Å². The number of carbonyl (C=O) groups excluding carboxylic acids is 1. The predicted octanol–water partition coefficient (Wildman–Crippen LogP) is 4.28. The number of fused-ring (bicyclic) bond motifs is 1. The van der Waals surface area contributed by atoms with Crippen LogP contribution in [0.25, 0.3) is 10.8 Å². The second-order valence-electron chi connectivity index (χ2n) is 5.07. The van der Waals surface area contributed by atoms with Crippen LogP contribution >= 0.6 is 34.8 Å². The Labute approximate surface area is 158 Å². The first-order valence-electron chi connectivity index (χ1n) is 7.14. The number of benzene rings is 3. The summed E-state index contributed by atoms with van der Waals surface area (Å²) in [5, 5.41) is 17.4. The topological polar surface area (TPSA) is 61.4 Å². The van der Waals surface area contributed by atoms with Crippen molar-refractivity contribution in [3.05, 3.63) is 69.8 Å². The Morgan fingerprint density at radius 2 is 1.67 bits per heavy atom. The van der Waals surface area contributed by atoms with Gasteiger partial charge in [-0.3, -0.25) is 10.1 Å². The van der Waals surface area contributed by atoms with E-state index < -0.39 is 0 Å². The van der Waals surface area contributed by atoms with E-state index in [2.05, 4.69) is 33.2 Å². The lowest BCUT2D eigenvalue weighted by Crippen LogP contribution is -2.34. The molecule has 6 heteroatoms. The van der Waals surface area contributed by atoms with E-state index in [0.717, 1.165) is 14.6 Å². The quantitative estimate of drug-likeness (QED) is 0.405. The first-order chi connectivity index (χ1) is 11.6. The van der Waals surface area contributed by atoms with Gasteiger partial charge < -0.3 is 10.4 Å². The number of phenolic OH excluding ortho intramolecular Hbond substituents is 1. The summed E-state index contributed by atoms with van der Waals surface area (Å²) in [5.74, 6) is -0.0643. The van der Waals surface area contributed by atoms with Crippen LogP contribution < -0.4 is 10.6 Å². The van der Waals surface area contributed by atoms with Gasteiger partial charge in [-0.15, -0.1) is 0 Å². The van der Waals surface area contributed by atoms with Gasteiger partial charge in [-0.1, -0.05) is 36.4 Å². The molecule has 0 unspecified atom stereocenters. The van der Waals surface area contributed by atoms with Crippen molar-refractivity contribution in [3.8, 4) is 5.75 Å². The highest BCUT2D eigenvalue weighted by atomic mass is 127. The van der Waals surface area contributed by atoms with Crippen molar-refractivity contribution in [3.63, 3.8) is 0 Å². The van der Waals surface area contributed by atoms with Crippen LogP contribution in [0, 0.1) is 3.57 Å². The van der Waals surface area contributed by atoms with Crippen LogP contribution in [-0.2, 0) is 0 Å². The maximum atomic E-state index is 12.3. The van der Waals surface area contributed by atoms with Crippen molar-refractivity contribution in [1.82, 2.24) is 5.32 Å². The lowest BCUT2D eigenvalue weighted by Gasteiger charge is -2.13. The van der Waals surface area contributed by atoms with Crippen LogP contribution in [0.5, 0.6) is 5.75 Å². The first kappa shape index (κ1) is 16.7. The highest BCUT2D eigenvalue weighted by Crippen LogP contribution is 2.29. The molecular formula is C18H13IN2O2S. The summed E-state index contributed by atoms with van der Waals surface area (Å²) in [6, 6.07) is 18.0. The molecule has 0 atom stereocenters. The van der Waals surface area contributed by atoms with Gasteiger partial charge in [0.15, 0.2) is 5.11 Å². The summed E-state index contributed by atoms with van der Waals surface area (Å²) in [5.41, 5.74) is 1.29. The van der Waals surface area contributed by atoms with E-state index in [-0.39, 0.29) is 16.8 Å². The first-order valence-corrected chi connectivity index (χ1v) is 8.62. The van der Waals surface area contributed by atoms with Crippen molar-refractivity contribution in [2.24, 2.45) is 0 Å². The standard InChI is InChI=1S/C18H13IN2O2S/c19-14-8-2-1-5-13(14)17(23)21-18(24)20-15-9-3-7-12-11(15)6-4-10-16(12)22/h1-10,22H,(H2,20,21,23,24). The number of aromatic hydroxyl groups is 1. The highest BCUT2D eigenvalue weighted by Gasteiger charge is 2.12. The summed E-state index contributed by atoms with van der Waals surface area (Å²) in [7, 11) is 0. The Morgan fingerprint density at radius 1 is 0.958 bits per heavy atom. The predicted molar refractivity (Wildman–Crippen MR) is 108 cm³/mol. The minimum Gasteiger partial charge on any atom is -0.507 e. The number of hydrogen-bond acceptors (Lipinski definition) is 3. The maximum Gasteiger partial charge on any atom is 0.258 e. The van der Waals surface area contributed by atoms with E-state index in [0.29, 0.717) is 10.9 Å². The number of rotatable bonds is 2. The van der Waals surface area contributed by atoms with E-state index in [9.17, 15) is 9.90 Å². The van der Waals surface area contributed by atoms with Crippen molar-refractivity contribution in [2.45, 2.75) is 0 Å². The number of anilines is 1. The number of hydrogen-bond donors (Lipinski definition) is 3. The monoisotopic (exact) mass is 448 g/mol. The van der Waals surface area contributed by atoms with Gasteiger partial charge in [-0.25, -0.2) is 0 Å². The zero-order valence-corrected chi connectivity index (χ0v) is 15.4. The maximum absolute atomic E-state index is 12.3. The molecule has 0 fully saturated rings. The average molecular weight is 448 g/mol. The fourth-order valence-electron chi connectivity index (χ4n) is 2.37. The van der Waals surface area contributed by atoms with E-state index in [1.54, 1.807) is 24.3 Å². The minimum absolute atomic E-state index is 0.199. The number of phenols is 1. The third kappa shape index (κ3) is 3.49. The van der Waals surface area contributed by atoms with Gasteiger partial charge in [-0.2, -0.15) is 0 Å². The summed E-state index contributed by atoms with van der Waals surface area (Å²) in [6.07, 6.45) is 0. The SMILES string of the molecule is O=C(NC(=S)Nc1cccc2c(O)cccc12)c1ccccc1I. The van der Waals surface area contributed by atoms with Crippen LogP contribution in [0.2, 0.25) is 0 Å². The van der Waals surface area contributed by atoms with Gasteiger partial charge in [0.25, 0.3) is 5.91 Å². The molecule has 0 heterocycles.